The molecule has 2 bridgehead atoms. The van der Waals surface area contributed by atoms with Gasteiger partial charge in [-0.2, -0.15) is 0 Å². The van der Waals surface area contributed by atoms with Gasteiger partial charge in [0.05, 0.1) is 12.2 Å². The molecule has 2 aliphatic rings. The summed E-state index contributed by atoms with van der Waals surface area (Å²) >= 11 is 3.49. The molecule has 0 amide bonds. The molecule has 0 aliphatic carbocycles. The van der Waals surface area contributed by atoms with Crippen LogP contribution < -0.4 is 0 Å². The molecule has 2 fully saturated rings. The SMILES string of the molecule is BrCCCCCCCCCN1CC2CCC(C1)O2. The topological polar surface area (TPSA) is 12.5 Å². The number of unbranched alkanes of at least 4 members (excludes halogenated alkanes) is 6. The average molecular weight is 318 g/mol. The summed E-state index contributed by atoms with van der Waals surface area (Å²) in [6.45, 7) is 3.70. The van der Waals surface area contributed by atoms with Crippen LogP contribution in [0.15, 0.2) is 0 Å². The van der Waals surface area contributed by atoms with E-state index in [4.69, 9.17) is 4.74 Å². The molecule has 2 saturated heterocycles. The lowest BCUT2D eigenvalue weighted by atomic mass is 10.1. The molecule has 0 aromatic carbocycles. The van der Waals surface area contributed by atoms with Crippen molar-refractivity contribution in [2.75, 3.05) is 25.0 Å². The van der Waals surface area contributed by atoms with E-state index in [1.54, 1.807) is 0 Å². The van der Waals surface area contributed by atoms with Crippen LogP contribution in [0, 0.1) is 0 Å². The first-order chi connectivity index (χ1) is 8.88. The number of alkyl halides is 1. The summed E-state index contributed by atoms with van der Waals surface area (Å²) in [4.78, 5) is 2.64. The second-order valence-electron chi connectivity index (χ2n) is 5.88. The summed E-state index contributed by atoms with van der Waals surface area (Å²) < 4.78 is 5.86. The van der Waals surface area contributed by atoms with Crippen LogP contribution in [-0.2, 0) is 4.74 Å². The van der Waals surface area contributed by atoms with Gasteiger partial charge < -0.3 is 4.74 Å². The van der Waals surface area contributed by atoms with E-state index in [2.05, 4.69) is 20.8 Å². The van der Waals surface area contributed by atoms with Crippen molar-refractivity contribution in [1.82, 2.24) is 4.90 Å². The van der Waals surface area contributed by atoms with Crippen LogP contribution >= 0.6 is 15.9 Å². The lowest BCUT2D eigenvalue weighted by Crippen LogP contribution is -2.42. The molecule has 0 aromatic rings. The third kappa shape index (κ3) is 5.18. The Morgan fingerprint density at radius 3 is 2.00 bits per heavy atom. The quantitative estimate of drug-likeness (QED) is 0.471. The van der Waals surface area contributed by atoms with Gasteiger partial charge in [-0.25, -0.2) is 0 Å². The predicted octanol–water partition coefficient (Wildman–Crippen LogP) is 3.98. The number of morpholine rings is 1. The zero-order valence-corrected chi connectivity index (χ0v) is 13.2. The number of hydrogen-bond acceptors (Lipinski definition) is 2. The Morgan fingerprint density at radius 2 is 1.39 bits per heavy atom. The zero-order valence-electron chi connectivity index (χ0n) is 11.6. The first kappa shape index (κ1) is 14.8. The van der Waals surface area contributed by atoms with E-state index in [0.717, 1.165) is 0 Å². The number of halogens is 1. The number of hydrogen-bond donors (Lipinski definition) is 0. The maximum absolute atomic E-state index is 5.86. The van der Waals surface area contributed by atoms with E-state index in [-0.39, 0.29) is 0 Å². The van der Waals surface area contributed by atoms with Gasteiger partial charge in [0.25, 0.3) is 0 Å². The van der Waals surface area contributed by atoms with E-state index in [1.807, 2.05) is 0 Å². The largest absolute Gasteiger partial charge is 0.372 e. The normalized spacial score (nSPS) is 27.8. The molecule has 0 N–H and O–H groups in total. The number of ether oxygens (including phenoxy) is 1. The second-order valence-corrected chi connectivity index (χ2v) is 6.67. The Bertz CT molecular complexity index is 213. The summed E-state index contributed by atoms with van der Waals surface area (Å²) in [5, 5.41) is 1.17. The van der Waals surface area contributed by atoms with E-state index >= 15 is 0 Å². The van der Waals surface area contributed by atoms with Crippen molar-refractivity contribution in [3.05, 3.63) is 0 Å². The molecule has 2 atom stereocenters. The monoisotopic (exact) mass is 317 g/mol. The first-order valence-corrected chi connectivity index (χ1v) is 8.94. The lowest BCUT2D eigenvalue weighted by Gasteiger charge is -2.32. The minimum absolute atomic E-state index is 0.563. The van der Waals surface area contributed by atoms with Crippen LogP contribution in [0.3, 0.4) is 0 Å². The van der Waals surface area contributed by atoms with Gasteiger partial charge in [-0.3, -0.25) is 4.90 Å². The fraction of sp³-hybridized carbons (Fsp3) is 1.00. The molecule has 2 aliphatic heterocycles. The molecule has 0 radical (unpaired) electrons. The smallest absolute Gasteiger partial charge is 0.0707 e. The fourth-order valence-electron chi connectivity index (χ4n) is 3.20. The van der Waals surface area contributed by atoms with Gasteiger partial charge in [-0.05, 0) is 32.2 Å². The second kappa shape index (κ2) is 8.55. The van der Waals surface area contributed by atoms with Crippen LogP contribution in [0.25, 0.3) is 0 Å². The van der Waals surface area contributed by atoms with E-state index in [0.29, 0.717) is 12.2 Å². The summed E-state index contributed by atoms with van der Waals surface area (Å²) in [7, 11) is 0. The molecule has 0 spiro atoms. The van der Waals surface area contributed by atoms with E-state index < -0.39 is 0 Å². The number of fused-ring (bicyclic) bond motifs is 2. The highest BCUT2D eigenvalue weighted by Gasteiger charge is 2.32. The molecule has 3 heteroatoms. The highest BCUT2D eigenvalue weighted by molar-refractivity contribution is 9.09. The van der Waals surface area contributed by atoms with Crippen LogP contribution in [-0.4, -0.2) is 42.1 Å². The minimum atomic E-state index is 0.563. The Hall–Kier alpha value is 0.400. The van der Waals surface area contributed by atoms with Gasteiger partial charge in [0.1, 0.15) is 0 Å². The number of nitrogens with zero attached hydrogens (tertiary/aromatic N) is 1. The molecule has 106 valence electrons. The first-order valence-electron chi connectivity index (χ1n) is 7.82. The highest BCUT2D eigenvalue weighted by Crippen LogP contribution is 2.26. The number of rotatable bonds is 9. The fourth-order valence-corrected chi connectivity index (χ4v) is 3.59. The van der Waals surface area contributed by atoms with Gasteiger partial charge >= 0.3 is 0 Å². The maximum atomic E-state index is 5.86. The minimum Gasteiger partial charge on any atom is -0.372 e. The Labute approximate surface area is 121 Å². The standard InChI is InChI=1S/C15H28BrNO/c16-10-6-4-2-1-3-5-7-11-17-12-14-8-9-15(13-17)18-14/h14-15H,1-13H2. The van der Waals surface area contributed by atoms with Crippen molar-refractivity contribution >= 4 is 15.9 Å². The number of likely N-dealkylation sites (tertiary alicyclic amines) is 1. The van der Waals surface area contributed by atoms with Crippen molar-refractivity contribution in [3.63, 3.8) is 0 Å². The summed E-state index contributed by atoms with van der Waals surface area (Å²) in [5.74, 6) is 0. The van der Waals surface area contributed by atoms with Crippen molar-refractivity contribution in [1.29, 1.82) is 0 Å². The van der Waals surface area contributed by atoms with Crippen LogP contribution in [0.1, 0.15) is 57.8 Å². The molecule has 0 saturated carbocycles. The van der Waals surface area contributed by atoms with Crippen molar-refractivity contribution < 1.29 is 4.74 Å². The van der Waals surface area contributed by atoms with Crippen LogP contribution in [0.2, 0.25) is 0 Å². The van der Waals surface area contributed by atoms with Gasteiger partial charge in [0, 0.05) is 18.4 Å². The third-order valence-corrected chi connectivity index (χ3v) is 4.79. The molecule has 2 unspecified atom stereocenters. The maximum Gasteiger partial charge on any atom is 0.0707 e. The summed E-state index contributed by atoms with van der Waals surface area (Å²) in [5.41, 5.74) is 0. The van der Waals surface area contributed by atoms with Crippen molar-refractivity contribution in [2.45, 2.75) is 70.0 Å². The molecule has 18 heavy (non-hydrogen) atoms. The van der Waals surface area contributed by atoms with Gasteiger partial charge in [0.15, 0.2) is 0 Å². The van der Waals surface area contributed by atoms with Gasteiger partial charge in [-0.15, -0.1) is 0 Å². The Kier molecular flexibility index (Phi) is 7.03. The van der Waals surface area contributed by atoms with E-state index in [1.165, 1.54) is 82.8 Å². The molecule has 0 aromatic heterocycles. The Balaban J connectivity index is 1.41. The third-order valence-electron chi connectivity index (χ3n) is 4.23. The lowest BCUT2D eigenvalue weighted by molar-refractivity contribution is -0.0385. The van der Waals surface area contributed by atoms with Crippen LogP contribution in [0.4, 0.5) is 0 Å². The van der Waals surface area contributed by atoms with Gasteiger partial charge in [-0.1, -0.05) is 48.0 Å². The molecule has 2 heterocycles. The van der Waals surface area contributed by atoms with E-state index in [9.17, 15) is 0 Å². The molecular weight excluding hydrogens is 290 g/mol. The molecule has 2 nitrogen and oxygen atoms in total. The van der Waals surface area contributed by atoms with Crippen LogP contribution in [0.5, 0.6) is 0 Å². The highest BCUT2D eigenvalue weighted by atomic mass is 79.9. The predicted molar refractivity (Wildman–Crippen MR) is 80.4 cm³/mol. The van der Waals surface area contributed by atoms with Crippen molar-refractivity contribution in [3.8, 4) is 0 Å². The molecular formula is C15H28BrNO. The Morgan fingerprint density at radius 1 is 0.833 bits per heavy atom. The average Bonchev–Trinajstić information content (AvgIpc) is 2.72. The zero-order chi connectivity index (χ0) is 12.6. The summed E-state index contributed by atoms with van der Waals surface area (Å²) in [6, 6.07) is 0. The summed E-state index contributed by atoms with van der Waals surface area (Å²) in [6.07, 6.45) is 13.6. The molecule has 2 rings (SSSR count). The van der Waals surface area contributed by atoms with Gasteiger partial charge in [0.2, 0.25) is 0 Å². The van der Waals surface area contributed by atoms with Crippen molar-refractivity contribution in [2.24, 2.45) is 0 Å².